The summed E-state index contributed by atoms with van der Waals surface area (Å²) in [5, 5.41) is 11.7. The van der Waals surface area contributed by atoms with E-state index in [9.17, 15) is 9.59 Å². The van der Waals surface area contributed by atoms with Gasteiger partial charge in [0.25, 0.3) is 5.91 Å². The van der Waals surface area contributed by atoms with Crippen LogP contribution in [0.5, 0.6) is 5.75 Å². The fraction of sp³-hybridized carbons (Fsp3) is 0.429. The predicted octanol–water partition coefficient (Wildman–Crippen LogP) is 1.82. The van der Waals surface area contributed by atoms with Crippen molar-refractivity contribution < 1.29 is 24.2 Å². The number of aliphatic carboxylic acids is 1. The average molecular weight is 316 g/mol. The molecule has 0 bridgehead atoms. The molecule has 0 saturated heterocycles. The lowest BCUT2D eigenvalue weighted by molar-refractivity contribution is -0.140. The summed E-state index contributed by atoms with van der Waals surface area (Å²) < 4.78 is 10.3. The van der Waals surface area contributed by atoms with Crippen LogP contribution in [0, 0.1) is 5.92 Å². The molecule has 2 N–H and O–H groups in total. The zero-order valence-corrected chi connectivity index (χ0v) is 12.6. The summed E-state index contributed by atoms with van der Waals surface area (Å²) in [6.45, 7) is 2.22. The Kier molecular flexibility index (Phi) is 6.98. The molecule has 0 aliphatic heterocycles. The molecule has 1 atom stereocenters. The molecule has 1 unspecified atom stereocenters. The monoisotopic (exact) mass is 315 g/mol. The Morgan fingerprint density at radius 3 is 2.71 bits per heavy atom. The summed E-state index contributed by atoms with van der Waals surface area (Å²) in [6.07, 6.45) is 0. The number of nitrogens with one attached hydrogen (secondary N) is 1. The van der Waals surface area contributed by atoms with Gasteiger partial charge in [-0.1, -0.05) is 18.5 Å². The van der Waals surface area contributed by atoms with E-state index >= 15 is 0 Å². The van der Waals surface area contributed by atoms with Crippen molar-refractivity contribution in [1.29, 1.82) is 0 Å². The molecule has 0 aliphatic carbocycles. The van der Waals surface area contributed by atoms with Gasteiger partial charge in [0.1, 0.15) is 12.4 Å². The van der Waals surface area contributed by atoms with Gasteiger partial charge >= 0.3 is 5.97 Å². The molecule has 0 aliphatic rings. The van der Waals surface area contributed by atoms with E-state index in [0.717, 1.165) is 0 Å². The molecule has 7 heteroatoms. The molecule has 1 aromatic carbocycles. The SMILES string of the molecule is COCCOc1ccc(Cl)cc1C(=O)NCC(C)C(=O)O. The van der Waals surface area contributed by atoms with Gasteiger partial charge in [-0.25, -0.2) is 0 Å². The van der Waals surface area contributed by atoms with Crippen molar-refractivity contribution in [2.75, 3.05) is 26.9 Å². The lowest BCUT2D eigenvalue weighted by Crippen LogP contribution is -2.31. The zero-order chi connectivity index (χ0) is 15.8. The molecule has 6 nitrogen and oxygen atoms in total. The minimum atomic E-state index is -0.974. The van der Waals surface area contributed by atoms with Crippen molar-refractivity contribution in [3.05, 3.63) is 28.8 Å². The minimum absolute atomic E-state index is 0.0260. The molecular weight excluding hydrogens is 298 g/mol. The van der Waals surface area contributed by atoms with Crippen molar-refractivity contribution in [1.82, 2.24) is 5.32 Å². The second-order valence-electron chi connectivity index (χ2n) is 4.43. The summed E-state index contributed by atoms with van der Waals surface area (Å²) >= 11 is 5.88. The van der Waals surface area contributed by atoms with Gasteiger partial charge in [-0.2, -0.15) is 0 Å². The van der Waals surface area contributed by atoms with Crippen molar-refractivity contribution in [3.63, 3.8) is 0 Å². The van der Waals surface area contributed by atoms with Crippen LogP contribution in [0.25, 0.3) is 0 Å². The van der Waals surface area contributed by atoms with Gasteiger partial charge in [0.05, 0.1) is 18.1 Å². The van der Waals surface area contributed by atoms with E-state index in [-0.39, 0.29) is 12.1 Å². The Balaban J connectivity index is 2.76. The van der Waals surface area contributed by atoms with Gasteiger partial charge in [-0.3, -0.25) is 9.59 Å². The third-order valence-corrected chi connectivity index (χ3v) is 2.96. The van der Waals surface area contributed by atoms with E-state index in [0.29, 0.717) is 24.0 Å². The molecule has 116 valence electrons. The molecule has 0 fully saturated rings. The van der Waals surface area contributed by atoms with Crippen LogP contribution in [0.2, 0.25) is 5.02 Å². The fourth-order valence-corrected chi connectivity index (χ4v) is 1.64. The number of ether oxygens (including phenoxy) is 2. The molecule has 0 heterocycles. The first-order valence-corrected chi connectivity index (χ1v) is 6.75. The highest BCUT2D eigenvalue weighted by Crippen LogP contribution is 2.23. The van der Waals surface area contributed by atoms with Crippen LogP contribution in [0.4, 0.5) is 0 Å². The first-order valence-electron chi connectivity index (χ1n) is 6.38. The summed E-state index contributed by atoms with van der Waals surface area (Å²) in [4.78, 5) is 22.8. The number of methoxy groups -OCH3 is 1. The fourth-order valence-electron chi connectivity index (χ4n) is 1.47. The number of hydrogen-bond acceptors (Lipinski definition) is 4. The largest absolute Gasteiger partial charge is 0.490 e. The Bertz CT molecular complexity index is 506. The summed E-state index contributed by atoms with van der Waals surface area (Å²) in [7, 11) is 1.55. The normalized spacial score (nSPS) is 11.8. The Morgan fingerprint density at radius 1 is 1.38 bits per heavy atom. The first-order chi connectivity index (χ1) is 9.95. The molecule has 0 spiro atoms. The predicted molar refractivity (Wildman–Crippen MR) is 78.0 cm³/mol. The van der Waals surface area contributed by atoms with Crippen molar-refractivity contribution >= 4 is 23.5 Å². The van der Waals surface area contributed by atoms with Gasteiger partial charge < -0.3 is 19.9 Å². The lowest BCUT2D eigenvalue weighted by Gasteiger charge is -2.13. The molecule has 0 aromatic heterocycles. The summed E-state index contributed by atoms with van der Waals surface area (Å²) in [5.74, 6) is -1.71. The zero-order valence-electron chi connectivity index (χ0n) is 11.9. The van der Waals surface area contributed by atoms with Crippen LogP contribution in [0.3, 0.4) is 0 Å². The Hall–Kier alpha value is -1.79. The van der Waals surface area contributed by atoms with Crippen LogP contribution in [-0.2, 0) is 9.53 Å². The van der Waals surface area contributed by atoms with Crippen LogP contribution in [0.15, 0.2) is 18.2 Å². The third kappa shape index (κ3) is 5.61. The minimum Gasteiger partial charge on any atom is -0.490 e. The standard InChI is InChI=1S/C14H18ClNO5/c1-9(14(18)19)8-16-13(17)11-7-10(15)3-4-12(11)21-6-5-20-2/h3-4,7,9H,5-6,8H2,1-2H3,(H,16,17)(H,18,19). The number of carboxylic acid groups (broad SMARTS) is 1. The smallest absolute Gasteiger partial charge is 0.308 e. The van der Waals surface area contributed by atoms with Gasteiger partial charge in [-0.15, -0.1) is 0 Å². The van der Waals surface area contributed by atoms with E-state index in [1.54, 1.807) is 19.2 Å². The average Bonchev–Trinajstić information content (AvgIpc) is 2.45. The maximum absolute atomic E-state index is 12.1. The Labute approximate surface area is 128 Å². The molecule has 1 aromatic rings. The highest BCUT2D eigenvalue weighted by atomic mass is 35.5. The van der Waals surface area contributed by atoms with Crippen LogP contribution in [0.1, 0.15) is 17.3 Å². The second-order valence-corrected chi connectivity index (χ2v) is 4.87. The third-order valence-electron chi connectivity index (χ3n) is 2.72. The lowest BCUT2D eigenvalue weighted by atomic mass is 10.1. The number of carboxylic acids is 1. The van der Waals surface area contributed by atoms with Gasteiger partial charge in [0, 0.05) is 18.7 Å². The van der Waals surface area contributed by atoms with Crippen LogP contribution in [-0.4, -0.2) is 43.9 Å². The summed E-state index contributed by atoms with van der Waals surface area (Å²) in [6, 6.07) is 4.68. The number of hydrogen-bond donors (Lipinski definition) is 2. The van der Waals surface area contributed by atoms with Crippen molar-refractivity contribution in [2.45, 2.75) is 6.92 Å². The van der Waals surface area contributed by atoms with E-state index in [1.165, 1.54) is 13.0 Å². The van der Waals surface area contributed by atoms with E-state index in [4.69, 9.17) is 26.2 Å². The maximum Gasteiger partial charge on any atom is 0.308 e. The maximum atomic E-state index is 12.1. The topological polar surface area (TPSA) is 84.9 Å². The highest BCUT2D eigenvalue weighted by Gasteiger charge is 2.16. The van der Waals surface area contributed by atoms with Gasteiger partial charge in [0.15, 0.2) is 0 Å². The molecule has 0 radical (unpaired) electrons. The van der Waals surface area contributed by atoms with Crippen LogP contribution >= 0.6 is 11.6 Å². The number of benzene rings is 1. The number of amides is 1. The van der Waals surface area contributed by atoms with E-state index in [1.807, 2.05) is 0 Å². The quantitative estimate of drug-likeness (QED) is 0.715. The number of halogens is 1. The highest BCUT2D eigenvalue weighted by molar-refractivity contribution is 6.31. The molecule has 1 amide bonds. The Morgan fingerprint density at radius 2 is 2.10 bits per heavy atom. The first kappa shape index (κ1) is 17.3. The van der Waals surface area contributed by atoms with Gasteiger partial charge in [0.2, 0.25) is 0 Å². The number of carbonyl (C=O) groups excluding carboxylic acids is 1. The van der Waals surface area contributed by atoms with Crippen molar-refractivity contribution in [2.24, 2.45) is 5.92 Å². The molecular formula is C14H18ClNO5. The van der Waals surface area contributed by atoms with Crippen molar-refractivity contribution in [3.8, 4) is 5.75 Å². The van der Waals surface area contributed by atoms with E-state index in [2.05, 4.69) is 5.32 Å². The molecule has 1 rings (SSSR count). The van der Waals surface area contributed by atoms with E-state index < -0.39 is 17.8 Å². The van der Waals surface area contributed by atoms with Gasteiger partial charge in [-0.05, 0) is 18.2 Å². The number of rotatable bonds is 8. The molecule has 0 saturated carbocycles. The van der Waals surface area contributed by atoms with Crippen LogP contribution < -0.4 is 10.1 Å². The summed E-state index contributed by atoms with van der Waals surface area (Å²) in [5.41, 5.74) is 0.260. The molecule has 21 heavy (non-hydrogen) atoms. The number of carbonyl (C=O) groups is 2. The second kappa shape index (κ2) is 8.49.